The first-order valence-corrected chi connectivity index (χ1v) is 6.50. The van der Waals surface area contributed by atoms with Crippen LogP contribution in [0.5, 0.6) is 0 Å². The van der Waals surface area contributed by atoms with Gasteiger partial charge in [-0.25, -0.2) is 9.97 Å². The van der Waals surface area contributed by atoms with Crippen molar-refractivity contribution in [3.05, 3.63) is 17.0 Å². The maximum atomic E-state index is 9.30. The van der Waals surface area contributed by atoms with Gasteiger partial charge in [0, 0.05) is 24.1 Å². The minimum atomic E-state index is 0.234. The maximum Gasteiger partial charge on any atom is 0.137 e. The van der Waals surface area contributed by atoms with E-state index in [0.717, 1.165) is 37.1 Å². The Kier molecular flexibility index (Phi) is 4.18. The van der Waals surface area contributed by atoms with Gasteiger partial charge in [0.2, 0.25) is 0 Å². The SMILES string of the molecule is CCc1c(Cl)ncnc1NC1CCCC1CO. The van der Waals surface area contributed by atoms with Crippen molar-refractivity contribution in [1.82, 2.24) is 9.97 Å². The average molecular weight is 256 g/mol. The number of anilines is 1. The summed E-state index contributed by atoms with van der Waals surface area (Å²) in [5, 5.41) is 13.2. The molecule has 4 nitrogen and oxygen atoms in total. The van der Waals surface area contributed by atoms with E-state index >= 15 is 0 Å². The summed E-state index contributed by atoms with van der Waals surface area (Å²) in [6.45, 7) is 2.27. The third-order valence-corrected chi connectivity index (χ3v) is 3.79. The fourth-order valence-corrected chi connectivity index (χ4v) is 2.72. The third kappa shape index (κ3) is 2.69. The molecule has 17 heavy (non-hydrogen) atoms. The molecule has 0 radical (unpaired) electrons. The second-order valence-electron chi connectivity index (χ2n) is 4.47. The molecule has 1 fully saturated rings. The predicted octanol–water partition coefficient (Wildman–Crippen LogP) is 2.27. The molecule has 1 aliphatic rings. The molecule has 1 aromatic rings. The van der Waals surface area contributed by atoms with Crippen LogP contribution in [-0.4, -0.2) is 27.7 Å². The lowest BCUT2D eigenvalue weighted by Gasteiger charge is -2.21. The molecule has 0 aliphatic heterocycles. The number of rotatable bonds is 4. The Morgan fingerprint density at radius 1 is 1.47 bits per heavy atom. The molecule has 1 saturated carbocycles. The number of halogens is 1. The lowest BCUT2D eigenvalue weighted by Crippen LogP contribution is -2.27. The van der Waals surface area contributed by atoms with Gasteiger partial charge in [-0.05, 0) is 19.3 Å². The maximum absolute atomic E-state index is 9.30. The van der Waals surface area contributed by atoms with Crippen LogP contribution in [0.2, 0.25) is 5.15 Å². The number of hydrogen-bond donors (Lipinski definition) is 2. The molecule has 94 valence electrons. The summed E-state index contributed by atoms with van der Waals surface area (Å²) in [6, 6.07) is 0.302. The Labute approximate surface area is 106 Å². The zero-order valence-corrected chi connectivity index (χ0v) is 10.7. The molecule has 0 amide bonds. The van der Waals surface area contributed by atoms with Crippen molar-refractivity contribution >= 4 is 17.4 Å². The van der Waals surface area contributed by atoms with Crippen molar-refractivity contribution in [2.24, 2.45) is 5.92 Å². The highest BCUT2D eigenvalue weighted by atomic mass is 35.5. The van der Waals surface area contributed by atoms with Crippen LogP contribution < -0.4 is 5.32 Å². The smallest absolute Gasteiger partial charge is 0.137 e. The lowest BCUT2D eigenvalue weighted by molar-refractivity contribution is 0.222. The minimum Gasteiger partial charge on any atom is -0.396 e. The molecular weight excluding hydrogens is 238 g/mol. The zero-order chi connectivity index (χ0) is 12.3. The largest absolute Gasteiger partial charge is 0.396 e. The molecule has 2 rings (SSSR count). The zero-order valence-electron chi connectivity index (χ0n) is 9.99. The Morgan fingerprint density at radius 2 is 2.29 bits per heavy atom. The van der Waals surface area contributed by atoms with Crippen molar-refractivity contribution in [2.75, 3.05) is 11.9 Å². The van der Waals surface area contributed by atoms with E-state index in [1.54, 1.807) is 0 Å². The van der Waals surface area contributed by atoms with E-state index in [2.05, 4.69) is 15.3 Å². The van der Waals surface area contributed by atoms with Crippen LogP contribution in [-0.2, 0) is 6.42 Å². The van der Waals surface area contributed by atoms with Gasteiger partial charge in [0.15, 0.2) is 0 Å². The second-order valence-corrected chi connectivity index (χ2v) is 4.83. The molecule has 1 aromatic heterocycles. The summed E-state index contributed by atoms with van der Waals surface area (Å²) < 4.78 is 0. The lowest BCUT2D eigenvalue weighted by atomic mass is 10.0. The summed E-state index contributed by atoms with van der Waals surface area (Å²) in [5.74, 6) is 1.14. The minimum absolute atomic E-state index is 0.234. The van der Waals surface area contributed by atoms with E-state index in [-0.39, 0.29) is 6.61 Å². The van der Waals surface area contributed by atoms with Crippen LogP contribution in [0.15, 0.2) is 6.33 Å². The van der Waals surface area contributed by atoms with Crippen LogP contribution in [0.25, 0.3) is 0 Å². The van der Waals surface area contributed by atoms with Gasteiger partial charge in [0.25, 0.3) is 0 Å². The topological polar surface area (TPSA) is 58.0 Å². The van der Waals surface area contributed by atoms with Gasteiger partial charge in [0.1, 0.15) is 17.3 Å². The van der Waals surface area contributed by atoms with E-state index in [1.807, 2.05) is 6.92 Å². The van der Waals surface area contributed by atoms with Crippen LogP contribution in [0.4, 0.5) is 5.82 Å². The number of nitrogens with one attached hydrogen (secondary N) is 1. The first kappa shape index (κ1) is 12.6. The van der Waals surface area contributed by atoms with Gasteiger partial charge in [-0.3, -0.25) is 0 Å². The number of hydrogen-bond acceptors (Lipinski definition) is 4. The molecule has 2 unspecified atom stereocenters. The molecule has 2 atom stereocenters. The summed E-state index contributed by atoms with van der Waals surface area (Å²) >= 11 is 6.04. The Hall–Kier alpha value is -0.870. The Balaban J connectivity index is 2.15. The van der Waals surface area contributed by atoms with Gasteiger partial charge in [-0.2, -0.15) is 0 Å². The third-order valence-electron chi connectivity index (χ3n) is 3.46. The molecule has 0 bridgehead atoms. The summed E-state index contributed by atoms with van der Waals surface area (Å²) in [7, 11) is 0. The van der Waals surface area contributed by atoms with Crippen LogP contribution >= 0.6 is 11.6 Å². The van der Waals surface area contributed by atoms with Gasteiger partial charge < -0.3 is 10.4 Å². The number of aromatic nitrogens is 2. The number of aliphatic hydroxyl groups is 1. The standard InChI is InChI=1S/C12H18ClN3O/c1-2-9-11(13)14-7-15-12(9)16-10-5-3-4-8(10)6-17/h7-8,10,17H,2-6H2,1H3,(H,14,15,16). The fraction of sp³-hybridized carbons (Fsp3) is 0.667. The number of nitrogens with zero attached hydrogens (tertiary/aromatic N) is 2. The van der Waals surface area contributed by atoms with Crippen molar-refractivity contribution in [3.63, 3.8) is 0 Å². The normalized spacial score (nSPS) is 23.9. The van der Waals surface area contributed by atoms with E-state index in [9.17, 15) is 5.11 Å². The number of aliphatic hydroxyl groups excluding tert-OH is 1. The Bertz CT molecular complexity index is 386. The molecule has 5 heteroatoms. The summed E-state index contributed by atoms with van der Waals surface area (Å²) in [4.78, 5) is 8.24. The van der Waals surface area contributed by atoms with Gasteiger partial charge in [0.05, 0.1) is 0 Å². The Morgan fingerprint density at radius 3 is 3.00 bits per heavy atom. The van der Waals surface area contributed by atoms with Crippen LogP contribution in [0.3, 0.4) is 0 Å². The highest BCUT2D eigenvalue weighted by Gasteiger charge is 2.27. The highest BCUT2D eigenvalue weighted by molar-refractivity contribution is 6.30. The van der Waals surface area contributed by atoms with Crippen LogP contribution in [0, 0.1) is 5.92 Å². The van der Waals surface area contributed by atoms with Crippen LogP contribution in [0.1, 0.15) is 31.7 Å². The molecule has 1 aliphatic carbocycles. The second kappa shape index (κ2) is 5.65. The van der Waals surface area contributed by atoms with Gasteiger partial charge >= 0.3 is 0 Å². The molecule has 0 aromatic carbocycles. The molecule has 0 saturated heterocycles. The molecule has 2 N–H and O–H groups in total. The molecule has 1 heterocycles. The highest BCUT2D eigenvalue weighted by Crippen LogP contribution is 2.29. The first-order chi connectivity index (χ1) is 8.26. The first-order valence-electron chi connectivity index (χ1n) is 6.13. The summed E-state index contributed by atoms with van der Waals surface area (Å²) in [5.41, 5.74) is 0.956. The van der Waals surface area contributed by atoms with Crippen molar-refractivity contribution in [2.45, 2.75) is 38.6 Å². The molecular formula is C12H18ClN3O. The van der Waals surface area contributed by atoms with E-state index in [4.69, 9.17) is 11.6 Å². The van der Waals surface area contributed by atoms with Crippen molar-refractivity contribution in [1.29, 1.82) is 0 Å². The molecule has 0 spiro atoms. The monoisotopic (exact) mass is 255 g/mol. The van der Waals surface area contributed by atoms with E-state index in [1.165, 1.54) is 6.33 Å². The fourth-order valence-electron chi connectivity index (χ4n) is 2.45. The summed E-state index contributed by atoms with van der Waals surface area (Å²) in [6.07, 6.45) is 5.60. The van der Waals surface area contributed by atoms with E-state index in [0.29, 0.717) is 17.1 Å². The van der Waals surface area contributed by atoms with Gasteiger partial charge in [-0.1, -0.05) is 24.9 Å². The van der Waals surface area contributed by atoms with E-state index < -0.39 is 0 Å². The van der Waals surface area contributed by atoms with Gasteiger partial charge in [-0.15, -0.1) is 0 Å². The van der Waals surface area contributed by atoms with Crippen molar-refractivity contribution in [3.8, 4) is 0 Å². The quantitative estimate of drug-likeness (QED) is 0.811. The van der Waals surface area contributed by atoms with Crippen molar-refractivity contribution < 1.29 is 5.11 Å². The average Bonchev–Trinajstić information content (AvgIpc) is 2.77. The predicted molar refractivity (Wildman–Crippen MR) is 68.3 cm³/mol.